The average Bonchev–Trinajstić information content (AvgIpc) is 2.39. The van der Waals surface area contributed by atoms with Crippen LogP contribution in [0.3, 0.4) is 0 Å². The number of aliphatic carboxylic acids is 1. The molecule has 0 radical (unpaired) electrons. The molecule has 1 aliphatic heterocycles. The van der Waals surface area contributed by atoms with Crippen molar-refractivity contribution < 1.29 is 19.4 Å². The predicted octanol–water partition coefficient (Wildman–Crippen LogP) is 0.731. The maximum Gasteiger partial charge on any atom is 0.324 e. The van der Waals surface area contributed by atoms with Crippen molar-refractivity contribution in [2.45, 2.75) is 37.3 Å². The molecule has 5 heteroatoms. The number of nitrogens with zero attached hydrogens (tertiary/aromatic N) is 1. The lowest BCUT2D eigenvalue weighted by atomic mass is 9.78. The molecule has 0 aromatic heterocycles. The molecule has 0 bridgehead atoms. The van der Waals surface area contributed by atoms with Crippen LogP contribution < -0.4 is 0 Å². The zero-order valence-corrected chi connectivity index (χ0v) is 10.4. The lowest BCUT2D eigenvalue weighted by Crippen LogP contribution is -2.60. The predicted molar refractivity (Wildman–Crippen MR) is 62.0 cm³/mol. The van der Waals surface area contributed by atoms with Crippen molar-refractivity contribution in [3.63, 3.8) is 0 Å². The summed E-state index contributed by atoms with van der Waals surface area (Å²) < 4.78 is 10.6. The van der Waals surface area contributed by atoms with Gasteiger partial charge in [0.1, 0.15) is 5.54 Å². The molecule has 0 spiro atoms. The quantitative estimate of drug-likeness (QED) is 0.792. The first-order chi connectivity index (χ1) is 8.19. The first-order valence-corrected chi connectivity index (χ1v) is 6.28. The smallest absolute Gasteiger partial charge is 0.324 e. The number of methoxy groups -OCH3 is 1. The maximum absolute atomic E-state index is 11.6. The van der Waals surface area contributed by atoms with Gasteiger partial charge in [0.2, 0.25) is 0 Å². The van der Waals surface area contributed by atoms with Crippen LogP contribution in [0.5, 0.6) is 0 Å². The summed E-state index contributed by atoms with van der Waals surface area (Å²) in [6, 6.07) is 0. The molecular weight excluding hydrogens is 222 g/mol. The Morgan fingerprint density at radius 2 is 1.94 bits per heavy atom. The van der Waals surface area contributed by atoms with Crippen LogP contribution in [-0.2, 0) is 14.3 Å². The second kappa shape index (κ2) is 5.33. The number of morpholine rings is 1. The third-order valence-electron chi connectivity index (χ3n) is 4.11. The molecule has 1 N–H and O–H groups in total. The van der Waals surface area contributed by atoms with Gasteiger partial charge in [-0.05, 0) is 25.7 Å². The lowest BCUT2D eigenvalue weighted by Gasteiger charge is -2.46. The molecule has 2 rings (SSSR count). The van der Waals surface area contributed by atoms with E-state index in [-0.39, 0.29) is 6.10 Å². The van der Waals surface area contributed by atoms with Gasteiger partial charge in [-0.3, -0.25) is 9.69 Å². The molecule has 1 saturated heterocycles. The van der Waals surface area contributed by atoms with Crippen molar-refractivity contribution >= 4 is 5.97 Å². The summed E-state index contributed by atoms with van der Waals surface area (Å²) >= 11 is 0. The summed E-state index contributed by atoms with van der Waals surface area (Å²) in [5, 5.41) is 9.58. The average molecular weight is 243 g/mol. The Balaban J connectivity index is 2.07. The van der Waals surface area contributed by atoms with E-state index in [4.69, 9.17) is 9.47 Å². The number of hydrogen-bond donors (Lipinski definition) is 1. The van der Waals surface area contributed by atoms with Crippen LogP contribution in [0.15, 0.2) is 0 Å². The van der Waals surface area contributed by atoms with Crippen LogP contribution in [0.1, 0.15) is 25.7 Å². The van der Waals surface area contributed by atoms with Gasteiger partial charge in [-0.2, -0.15) is 0 Å². The van der Waals surface area contributed by atoms with Crippen molar-refractivity contribution in [3.8, 4) is 0 Å². The van der Waals surface area contributed by atoms with E-state index in [0.29, 0.717) is 26.1 Å². The number of carboxylic acid groups (broad SMARTS) is 1. The molecule has 0 aromatic carbocycles. The molecule has 1 aliphatic carbocycles. The first-order valence-electron chi connectivity index (χ1n) is 6.28. The van der Waals surface area contributed by atoms with E-state index in [1.807, 2.05) is 0 Å². The van der Waals surface area contributed by atoms with E-state index >= 15 is 0 Å². The van der Waals surface area contributed by atoms with E-state index in [9.17, 15) is 9.90 Å². The SMILES string of the molecule is COC1CCC(C(=O)O)(N2CCOCC2)CC1. The highest BCUT2D eigenvalue weighted by molar-refractivity contribution is 5.79. The number of carboxylic acids is 1. The molecule has 0 unspecified atom stereocenters. The van der Waals surface area contributed by atoms with E-state index in [1.165, 1.54) is 0 Å². The number of carbonyl (C=O) groups is 1. The molecule has 0 atom stereocenters. The molecule has 2 aliphatic rings. The van der Waals surface area contributed by atoms with E-state index in [2.05, 4.69) is 4.90 Å². The molecule has 0 aromatic rings. The zero-order chi connectivity index (χ0) is 12.3. The second-order valence-electron chi connectivity index (χ2n) is 4.87. The van der Waals surface area contributed by atoms with Crippen LogP contribution in [0, 0.1) is 0 Å². The Morgan fingerprint density at radius 1 is 1.35 bits per heavy atom. The number of ether oxygens (including phenoxy) is 2. The minimum atomic E-state index is -0.686. The molecule has 0 amide bonds. The lowest BCUT2D eigenvalue weighted by molar-refractivity contribution is -0.160. The minimum Gasteiger partial charge on any atom is -0.480 e. The molecule has 2 fully saturated rings. The van der Waals surface area contributed by atoms with Crippen molar-refractivity contribution in [1.29, 1.82) is 0 Å². The Labute approximate surface area is 102 Å². The number of rotatable bonds is 3. The highest BCUT2D eigenvalue weighted by Crippen LogP contribution is 2.35. The molecular formula is C12H21NO4. The van der Waals surface area contributed by atoms with Gasteiger partial charge in [0.15, 0.2) is 0 Å². The van der Waals surface area contributed by atoms with Crippen molar-refractivity contribution in [3.05, 3.63) is 0 Å². The van der Waals surface area contributed by atoms with Crippen molar-refractivity contribution in [1.82, 2.24) is 4.90 Å². The van der Waals surface area contributed by atoms with Crippen LogP contribution >= 0.6 is 0 Å². The topological polar surface area (TPSA) is 59.0 Å². The van der Waals surface area contributed by atoms with Gasteiger partial charge in [0.05, 0.1) is 19.3 Å². The first kappa shape index (κ1) is 12.8. The Kier molecular flexibility index (Phi) is 4.01. The highest BCUT2D eigenvalue weighted by atomic mass is 16.5. The monoisotopic (exact) mass is 243 g/mol. The summed E-state index contributed by atoms with van der Waals surface area (Å²) in [7, 11) is 1.70. The molecule has 1 saturated carbocycles. The van der Waals surface area contributed by atoms with E-state index in [0.717, 1.165) is 25.9 Å². The molecule has 5 nitrogen and oxygen atoms in total. The van der Waals surface area contributed by atoms with Gasteiger partial charge in [-0.1, -0.05) is 0 Å². The molecule has 1 heterocycles. The second-order valence-corrected chi connectivity index (χ2v) is 4.87. The van der Waals surface area contributed by atoms with Crippen LogP contribution in [0.4, 0.5) is 0 Å². The van der Waals surface area contributed by atoms with Gasteiger partial charge in [-0.25, -0.2) is 0 Å². The van der Waals surface area contributed by atoms with Gasteiger partial charge < -0.3 is 14.6 Å². The number of hydrogen-bond acceptors (Lipinski definition) is 4. The van der Waals surface area contributed by atoms with E-state index < -0.39 is 11.5 Å². The summed E-state index contributed by atoms with van der Waals surface area (Å²) in [4.78, 5) is 13.7. The van der Waals surface area contributed by atoms with Crippen LogP contribution in [0.25, 0.3) is 0 Å². The van der Waals surface area contributed by atoms with Gasteiger partial charge in [0.25, 0.3) is 0 Å². The van der Waals surface area contributed by atoms with Crippen molar-refractivity contribution in [2.75, 3.05) is 33.4 Å². The molecule has 98 valence electrons. The molecule has 17 heavy (non-hydrogen) atoms. The Hall–Kier alpha value is -0.650. The third-order valence-corrected chi connectivity index (χ3v) is 4.11. The van der Waals surface area contributed by atoms with Crippen LogP contribution in [0.2, 0.25) is 0 Å². The summed E-state index contributed by atoms with van der Waals surface area (Å²) in [5.74, 6) is -0.686. The summed E-state index contributed by atoms with van der Waals surface area (Å²) in [5.41, 5.74) is -0.682. The summed E-state index contributed by atoms with van der Waals surface area (Å²) in [6.45, 7) is 2.74. The fourth-order valence-corrected chi connectivity index (χ4v) is 2.96. The Bertz CT molecular complexity index is 268. The standard InChI is InChI=1S/C12H21NO4/c1-16-10-2-4-12(5-3-10,11(14)15)13-6-8-17-9-7-13/h10H,2-9H2,1H3,(H,14,15). The fraction of sp³-hybridized carbons (Fsp3) is 0.917. The van der Waals surface area contributed by atoms with Crippen molar-refractivity contribution in [2.24, 2.45) is 0 Å². The van der Waals surface area contributed by atoms with Gasteiger partial charge in [-0.15, -0.1) is 0 Å². The largest absolute Gasteiger partial charge is 0.480 e. The van der Waals surface area contributed by atoms with E-state index in [1.54, 1.807) is 7.11 Å². The third kappa shape index (κ3) is 2.46. The maximum atomic E-state index is 11.6. The minimum absolute atomic E-state index is 0.225. The highest BCUT2D eigenvalue weighted by Gasteiger charge is 2.47. The Morgan fingerprint density at radius 3 is 2.41 bits per heavy atom. The van der Waals surface area contributed by atoms with Gasteiger partial charge in [0, 0.05) is 20.2 Å². The summed E-state index contributed by atoms with van der Waals surface area (Å²) in [6.07, 6.45) is 3.26. The fourth-order valence-electron chi connectivity index (χ4n) is 2.96. The normalized spacial score (nSPS) is 35.7. The van der Waals surface area contributed by atoms with Gasteiger partial charge >= 0.3 is 5.97 Å². The zero-order valence-electron chi connectivity index (χ0n) is 10.4. The van der Waals surface area contributed by atoms with Crippen LogP contribution in [-0.4, -0.2) is 61.0 Å².